The van der Waals surface area contributed by atoms with E-state index < -0.39 is 12.1 Å². The van der Waals surface area contributed by atoms with Crippen LogP contribution in [-0.2, 0) is 22.6 Å². The number of pyridine rings is 1. The molecule has 0 aliphatic carbocycles. The molecule has 4 rings (SSSR count). The van der Waals surface area contributed by atoms with Gasteiger partial charge in [0.25, 0.3) is 0 Å². The van der Waals surface area contributed by atoms with Gasteiger partial charge >= 0.3 is 12.1 Å². The summed E-state index contributed by atoms with van der Waals surface area (Å²) in [4.78, 5) is 33.7. The molecule has 1 amide bonds. The van der Waals surface area contributed by atoms with Crippen LogP contribution in [-0.4, -0.2) is 52.9 Å². The molecule has 4 aromatic rings. The maximum absolute atomic E-state index is 12.8. The second-order valence-corrected chi connectivity index (χ2v) is 8.89. The van der Waals surface area contributed by atoms with Crippen LogP contribution in [0, 0.1) is 0 Å². The molecule has 0 saturated carbocycles. The van der Waals surface area contributed by atoms with Crippen molar-refractivity contribution in [2.75, 3.05) is 32.0 Å². The summed E-state index contributed by atoms with van der Waals surface area (Å²) in [6, 6.07) is 15.3. The number of esters is 1. The number of nitrogens with one attached hydrogen (secondary N) is 2. The number of ether oxygens (including phenoxy) is 2. The number of aromatic nitrogens is 3. The number of fused-ring (bicyclic) bond motifs is 3. The summed E-state index contributed by atoms with van der Waals surface area (Å²) in [5, 5.41) is 6.72. The zero-order valence-electron chi connectivity index (χ0n) is 21.6. The number of hydrogen-bond acceptors (Lipinski definition) is 8. The Morgan fingerprint density at radius 2 is 1.79 bits per heavy atom. The third-order valence-corrected chi connectivity index (χ3v) is 5.81. The highest BCUT2D eigenvalue weighted by molar-refractivity contribution is 6.08. The monoisotopic (exact) mass is 516 g/mol. The van der Waals surface area contributed by atoms with Gasteiger partial charge in [0.05, 0.1) is 17.6 Å². The molecule has 0 radical (unpaired) electrons. The zero-order chi connectivity index (χ0) is 27.1. The Morgan fingerprint density at radius 1 is 1.05 bits per heavy atom. The van der Waals surface area contributed by atoms with Crippen LogP contribution in [0.2, 0.25) is 0 Å². The van der Waals surface area contributed by atoms with Gasteiger partial charge in [-0.2, -0.15) is 0 Å². The number of hydrogen-bond donors (Lipinski definition) is 3. The highest BCUT2D eigenvalue weighted by atomic mass is 16.5. The topological polar surface area (TPSA) is 133 Å². The Labute approximate surface area is 220 Å². The van der Waals surface area contributed by atoms with Crippen molar-refractivity contribution in [2.45, 2.75) is 26.9 Å². The molecule has 2 aromatic carbocycles. The summed E-state index contributed by atoms with van der Waals surface area (Å²) < 4.78 is 12.3. The van der Waals surface area contributed by atoms with Crippen molar-refractivity contribution < 1.29 is 19.1 Å². The lowest BCUT2D eigenvalue weighted by Gasteiger charge is -2.12. The molecule has 0 saturated heterocycles. The fraction of sp³-hybridized carbons (Fsp3) is 0.286. The molecule has 0 fully saturated rings. The first kappa shape index (κ1) is 26.6. The predicted octanol–water partition coefficient (Wildman–Crippen LogP) is 3.78. The number of carbonyl (C=O) groups excluding carboxylic acids is 2. The fourth-order valence-electron chi connectivity index (χ4n) is 4.05. The first-order valence-corrected chi connectivity index (χ1v) is 12.4. The van der Waals surface area contributed by atoms with E-state index in [4.69, 9.17) is 15.2 Å². The van der Waals surface area contributed by atoms with Crippen molar-refractivity contribution in [3.05, 3.63) is 77.6 Å². The molecular formula is C28H32N6O4. The maximum atomic E-state index is 12.8. The van der Waals surface area contributed by atoms with Crippen molar-refractivity contribution in [1.29, 1.82) is 0 Å². The molecule has 2 aromatic heterocycles. The first-order valence-electron chi connectivity index (χ1n) is 12.4. The van der Waals surface area contributed by atoms with Crippen LogP contribution in [0.25, 0.3) is 21.9 Å². The average Bonchev–Trinajstić information content (AvgIpc) is 3.28. The summed E-state index contributed by atoms with van der Waals surface area (Å²) >= 11 is 0. The molecule has 10 heteroatoms. The van der Waals surface area contributed by atoms with Crippen molar-refractivity contribution in [3.63, 3.8) is 0 Å². The number of nitrogens with two attached hydrogens (primary N) is 1. The molecule has 0 spiro atoms. The molecule has 0 aliphatic rings. The summed E-state index contributed by atoms with van der Waals surface area (Å²) in [5.41, 5.74) is 11.0. The number of rotatable bonds is 11. The van der Waals surface area contributed by atoms with E-state index in [0.29, 0.717) is 37.2 Å². The van der Waals surface area contributed by atoms with Gasteiger partial charge < -0.3 is 30.4 Å². The second kappa shape index (κ2) is 12.2. The number of benzene rings is 2. The van der Waals surface area contributed by atoms with Gasteiger partial charge in [0.2, 0.25) is 5.82 Å². The molecule has 38 heavy (non-hydrogen) atoms. The largest absolute Gasteiger partial charge is 0.460 e. The lowest BCUT2D eigenvalue weighted by molar-refractivity contribution is 0.0507. The Kier molecular flexibility index (Phi) is 8.55. The van der Waals surface area contributed by atoms with Crippen LogP contribution in [0.5, 0.6) is 0 Å². The lowest BCUT2D eigenvalue weighted by Crippen LogP contribution is -2.28. The predicted molar refractivity (Wildman–Crippen MR) is 147 cm³/mol. The molecule has 0 unspecified atom stereocenters. The average molecular weight is 517 g/mol. The van der Waals surface area contributed by atoms with Crippen LogP contribution in [0.1, 0.15) is 35.6 Å². The highest BCUT2D eigenvalue weighted by Gasteiger charge is 2.23. The number of amides is 1. The summed E-state index contributed by atoms with van der Waals surface area (Å²) in [6.45, 7) is 9.93. The Morgan fingerprint density at radius 3 is 2.53 bits per heavy atom. The lowest BCUT2D eigenvalue weighted by atomic mass is 10.1. The first-order chi connectivity index (χ1) is 18.4. The number of alkyl carbamates (subject to hydrolysis) is 1. The number of imidazole rings is 1. The van der Waals surface area contributed by atoms with Gasteiger partial charge in [-0.1, -0.05) is 54.6 Å². The zero-order valence-corrected chi connectivity index (χ0v) is 21.6. The molecule has 0 atom stereocenters. The Balaban J connectivity index is 1.49. The van der Waals surface area contributed by atoms with Gasteiger partial charge in [0, 0.05) is 31.6 Å². The summed E-state index contributed by atoms with van der Waals surface area (Å²) in [6.07, 6.45) is -0.478. The van der Waals surface area contributed by atoms with Gasteiger partial charge in [-0.15, -0.1) is 0 Å². The second-order valence-electron chi connectivity index (χ2n) is 8.89. The minimum absolute atomic E-state index is 0.165. The summed E-state index contributed by atoms with van der Waals surface area (Å²) in [5.74, 6) is -0.109. The number of para-hydroxylation sites is 1. The van der Waals surface area contributed by atoms with Crippen molar-refractivity contribution in [2.24, 2.45) is 0 Å². The molecule has 4 N–H and O–H groups in total. The van der Waals surface area contributed by atoms with E-state index in [1.807, 2.05) is 60.0 Å². The molecule has 0 bridgehead atoms. The van der Waals surface area contributed by atoms with E-state index in [9.17, 15) is 9.59 Å². The van der Waals surface area contributed by atoms with Crippen LogP contribution in [0.3, 0.4) is 0 Å². The van der Waals surface area contributed by atoms with Crippen molar-refractivity contribution in [1.82, 2.24) is 25.2 Å². The molecule has 0 aliphatic heterocycles. The van der Waals surface area contributed by atoms with E-state index in [1.165, 1.54) is 0 Å². The molecular weight excluding hydrogens is 484 g/mol. The fourth-order valence-corrected chi connectivity index (χ4v) is 4.05. The maximum Gasteiger partial charge on any atom is 0.407 e. The standard InChI is InChI=1S/C28H32N6O4/c1-4-37-27(35)26-33-23-24(21-7-5-6-8-22(21)32-25(23)29)34(26)17-20-11-9-19(10-12-20)16-31-28(36)38-14-13-30-15-18(2)3/h5-12,30H,2,4,13-17H2,1,3H3,(H2,29,32)(H,31,36). The normalized spacial score (nSPS) is 11.0. The van der Waals surface area contributed by atoms with Crippen LogP contribution >= 0.6 is 0 Å². The molecule has 198 valence electrons. The third-order valence-electron chi connectivity index (χ3n) is 5.81. The smallest absolute Gasteiger partial charge is 0.407 e. The summed E-state index contributed by atoms with van der Waals surface area (Å²) in [7, 11) is 0. The quantitative estimate of drug-likeness (QED) is 0.156. The van der Waals surface area contributed by atoms with Gasteiger partial charge in [-0.3, -0.25) is 0 Å². The van der Waals surface area contributed by atoms with E-state index in [2.05, 4.69) is 27.2 Å². The van der Waals surface area contributed by atoms with Crippen LogP contribution in [0.4, 0.5) is 10.6 Å². The van der Waals surface area contributed by atoms with Gasteiger partial charge in [-0.25, -0.2) is 19.6 Å². The van der Waals surface area contributed by atoms with E-state index >= 15 is 0 Å². The van der Waals surface area contributed by atoms with Crippen molar-refractivity contribution >= 4 is 39.8 Å². The number of carbonyl (C=O) groups is 2. The number of nitrogen functional groups attached to an aromatic ring is 1. The van der Waals surface area contributed by atoms with Crippen LogP contribution in [0.15, 0.2) is 60.7 Å². The number of nitrogens with zero attached hydrogens (tertiary/aromatic N) is 3. The van der Waals surface area contributed by atoms with E-state index in [1.54, 1.807) is 6.92 Å². The van der Waals surface area contributed by atoms with Gasteiger partial charge in [-0.05, 0) is 31.0 Å². The Bertz CT molecular complexity index is 1460. The Hall–Kier alpha value is -4.44. The third kappa shape index (κ3) is 6.27. The highest BCUT2D eigenvalue weighted by Crippen LogP contribution is 2.29. The molecule has 2 heterocycles. The van der Waals surface area contributed by atoms with E-state index in [-0.39, 0.29) is 24.9 Å². The van der Waals surface area contributed by atoms with Gasteiger partial charge in [0.1, 0.15) is 12.1 Å². The van der Waals surface area contributed by atoms with Crippen molar-refractivity contribution in [3.8, 4) is 0 Å². The minimum Gasteiger partial charge on any atom is -0.460 e. The number of anilines is 1. The minimum atomic E-state index is -0.527. The van der Waals surface area contributed by atoms with Crippen LogP contribution < -0.4 is 16.4 Å². The SMILES string of the molecule is C=C(C)CNCCOC(=O)NCc1ccc(Cn2c(C(=O)OCC)nc3c(N)nc4ccccc4c32)cc1. The van der Waals surface area contributed by atoms with E-state index in [0.717, 1.165) is 27.6 Å². The van der Waals surface area contributed by atoms with Gasteiger partial charge in [0.15, 0.2) is 5.82 Å². The molecule has 10 nitrogen and oxygen atoms in total.